The number of aromatic nitrogens is 3. The van der Waals surface area contributed by atoms with Crippen LogP contribution in [0.4, 0.5) is 4.79 Å². The lowest BCUT2D eigenvalue weighted by molar-refractivity contribution is 0.0448. The van der Waals surface area contributed by atoms with Gasteiger partial charge in [0.2, 0.25) is 0 Å². The number of nitrogens with zero attached hydrogens (tertiary/aromatic N) is 4. The second-order valence-electron chi connectivity index (χ2n) is 8.63. The van der Waals surface area contributed by atoms with Gasteiger partial charge in [0.1, 0.15) is 18.0 Å². The maximum Gasteiger partial charge on any atom is 0.408 e. The van der Waals surface area contributed by atoms with Crippen LogP contribution in [0.1, 0.15) is 65.5 Å². The van der Waals surface area contributed by atoms with Gasteiger partial charge in [0.15, 0.2) is 11.8 Å². The molecule has 1 aromatic rings. The van der Waals surface area contributed by atoms with Crippen molar-refractivity contribution in [2.45, 2.75) is 78.5 Å². The lowest BCUT2D eigenvalue weighted by atomic mass is 9.93. The van der Waals surface area contributed by atoms with Crippen molar-refractivity contribution < 1.29 is 14.3 Å². The van der Waals surface area contributed by atoms with Crippen molar-refractivity contribution in [1.29, 1.82) is 0 Å². The van der Waals surface area contributed by atoms with Crippen LogP contribution in [-0.2, 0) is 23.1 Å². The smallest absolute Gasteiger partial charge is 0.408 e. The van der Waals surface area contributed by atoms with Crippen LogP contribution in [0.3, 0.4) is 0 Å². The highest BCUT2D eigenvalue weighted by Gasteiger charge is 2.30. The molecule has 1 amide bonds. The zero-order valence-corrected chi connectivity index (χ0v) is 20.5. The van der Waals surface area contributed by atoms with Gasteiger partial charge in [-0.2, -0.15) is 0 Å². The first kappa shape index (κ1) is 26.7. The van der Waals surface area contributed by atoms with Gasteiger partial charge in [-0.05, 0) is 47.0 Å². The van der Waals surface area contributed by atoms with Gasteiger partial charge in [0.25, 0.3) is 0 Å². The summed E-state index contributed by atoms with van der Waals surface area (Å²) in [4.78, 5) is 17.1. The highest BCUT2D eigenvalue weighted by Crippen LogP contribution is 2.16. The molecule has 0 aliphatic heterocycles. The predicted octanol–water partition coefficient (Wildman–Crippen LogP) is 2.28. The maximum absolute atomic E-state index is 12.4. The lowest BCUT2D eigenvalue weighted by Crippen LogP contribution is -2.57. The fourth-order valence-corrected chi connectivity index (χ4v) is 2.83. The van der Waals surface area contributed by atoms with E-state index in [0.29, 0.717) is 32.2 Å². The molecule has 0 saturated heterocycles. The first-order valence-electron chi connectivity index (χ1n) is 10.9. The Morgan fingerprint density at radius 3 is 2.35 bits per heavy atom. The Morgan fingerprint density at radius 1 is 1.16 bits per heavy atom. The van der Waals surface area contributed by atoms with Gasteiger partial charge in [-0.15, -0.1) is 10.2 Å². The minimum atomic E-state index is -0.547. The topological polar surface area (TPSA) is 115 Å². The van der Waals surface area contributed by atoms with Crippen molar-refractivity contribution in [3.8, 4) is 0 Å². The average Bonchev–Trinajstić information content (AvgIpc) is 3.02. The molecule has 0 fully saturated rings. The summed E-state index contributed by atoms with van der Waals surface area (Å²) in [5.74, 6) is 2.26. The highest BCUT2D eigenvalue weighted by atomic mass is 16.6. The number of hydrogen-bond acceptors (Lipinski definition) is 6. The Labute approximate surface area is 186 Å². The van der Waals surface area contributed by atoms with Crippen LogP contribution in [0.25, 0.3) is 0 Å². The van der Waals surface area contributed by atoms with E-state index >= 15 is 0 Å². The fraction of sp³-hybridized carbons (Fsp3) is 0.810. The summed E-state index contributed by atoms with van der Waals surface area (Å²) in [7, 11) is 3.60. The van der Waals surface area contributed by atoms with Crippen molar-refractivity contribution in [2.75, 3.05) is 26.8 Å². The summed E-state index contributed by atoms with van der Waals surface area (Å²) in [6, 6.07) is 0. The molecule has 3 N–H and O–H groups in total. The van der Waals surface area contributed by atoms with Gasteiger partial charge < -0.3 is 30.0 Å². The maximum atomic E-state index is 12.4. The molecule has 1 heterocycles. The number of hydrogen-bond donors (Lipinski definition) is 3. The van der Waals surface area contributed by atoms with Crippen LogP contribution in [0, 0.1) is 6.92 Å². The van der Waals surface area contributed by atoms with Crippen molar-refractivity contribution >= 4 is 12.1 Å². The van der Waals surface area contributed by atoms with E-state index in [2.05, 4.69) is 31.1 Å². The molecule has 1 aromatic heterocycles. The Hall–Kier alpha value is -2.36. The average molecular weight is 440 g/mol. The molecule has 178 valence electrons. The predicted molar refractivity (Wildman–Crippen MR) is 122 cm³/mol. The third-order valence-corrected chi connectivity index (χ3v) is 5.09. The van der Waals surface area contributed by atoms with Crippen molar-refractivity contribution in [3.05, 3.63) is 11.6 Å². The van der Waals surface area contributed by atoms with E-state index < -0.39 is 17.2 Å². The van der Waals surface area contributed by atoms with Crippen LogP contribution < -0.4 is 16.0 Å². The Balaban J connectivity index is 2.87. The number of carbonyl (C=O) groups excluding carboxylic acids is 1. The monoisotopic (exact) mass is 439 g/mol. The van der Waals surface area contributed by atoms with Gasteiger partial charge in [-0.25, -0.2) is 9.79 Å². The van der Waals surface area contributed by atoms with Gasteiger partial charge in [-0.1, -0.05) is 13.8 Å². The molecular weight excluding hydrogens is 398 g/mol. The molecule has 10 heteroatoms. The normalized spacial score (nSPS) is 12.6. The highest BCUT2D eigenvalue weighted by molar-refractivity contribution is 5.80. The third kappa shape index (κ3) is 9.54. The minimum absolute atomic E-state index is 0.391. The Bertz CT molecular complexity index is 706. The van der Waals surface area contributed by atoms with E-state index in [1.165, 1.54) is 0 Å². The summed E-state index contributed by atoms with van der Waals surface area (Å²) in [5, 5.41) is 18.0. The number of amides is 1. The molecule has 0 radical (unpaired) electrons. The number of alkyl carbamates (subject to hydrolysis) is 1. The number of carbonyl (C=O) groups is 1. The van der Waals surface area contributed by atoms with Crippen molar-refractivity contribution in [2.24, 2.45) is 12.0 Å². The second-order valence-corrected chi connectivity index (χ2v) is 8.63. The van der Waals surface area contributed by atoms with E-state index in [1.807, 2.05) is 53.2 Å². The van der Waals surface area contributed by atoms with Gasteiger partial charge in [-0.3, -0.25) is 0 Å². The summed E-state index contributed by atoms with van der Waals surface area (Å²) in [6.45, 7) is 13.8. The number of guanidine groups is 1. The van der Waals surface area contributed by atoms with Gasteiger partial charge in [0.05, 0.1) is 5.54 Å². The molecule has 1 rings (SSSR count). The van der Waals surface area contributed by atoms with Gasteiger partial charge >= 0.3 is 6.09 Å². The molecule has 0 atom stereocenters. The van der Waals surface area contributed by atoms with Crippen molar-refractivity contribution in [1.82, 2.24) is 30.7 Å². The Morgan fingerprint density at radius 2 is 1.84 bits per heavy atom. The number of methoxy groups -OCH3 is 1. The Kier molecular flexibility index (Phi) is 10.7. The van der Waals surface area contributed by atoms with E-state index in [-0.39, 0.29) is 0 Å². The molecule has 31 heavy (non-hydrogen) atoms. The van der Waals surface area contributed by atoms with E-state index in [4.69, 9.17) is 9.47 Å². The summed E-state index contributed by atoms with van der Waals surface area (Å²) in [6.07, 6.45) is 1.92. The van der Waals surface area contributed by atoms with Crippen LogP contribution in [0.15, 0.2) is 4.99 Å². The zero-order chi connectivity index (χ0) is 23.5. The number of aliphatic imine (C=N–C) groups is 1. The van der Waals surface area contributed by atoms with Gasteiger partial charge in [0, 0.05) is 33.9 Å². The first-order valence-corrected chi connectivity index (χ1v) is 10.9. The molecular formula is C21H41N7O3. The second kappa shape index (κ2) is 12.5. The van der Waals surface area contributed by atoms with Crippen LogP contribution >= 0.6 is 0 Å². The SMILES string of the molecule is CCC(CC)(CNC(=NCc1nnc(C)n1C)NCCCOC)NC(=O)OC(C)(C)C. The van der Waals surface area contributed by atoms with Crippen LogP contribution in [0.5, 0.6) is 0 Å². The van der Waals surface area contributed by atoms with Crippen LogP contribution in [-0.4, -0.2) is 64.8 Å². The molecule has 0 bridgehead atoms. The third-order valence-electron chi connectivity index (χ3n) is 5.09. The fourth-order valence-electron chi connectivity index (χ4n) is 2.83. The number of nitrogens with one attached hydrogen (secondary N) is 3. The summed E-state index contributed by atoms with van der Waals surface area (Å²) < 4.78 is 12.5. The molecule has 0 unspecified atom stereocenters. The van der Waals surface area contributed by atoms with Crippen LogP contribution in [0.2, 0.25) is 0 Å². The molecule has 10 nitrogen and oxygen atoms in total. The number of aryl methyl sites for hydroxylation is 1. The summed E-state index contributed by atoms with van der Waals surface area (Å²) >= 11 is 0. The molecule has 0 aliphatic rings. The molecule has 0 aromatic carbocycles. The standard InChI is InChI=1S/C21H41N7O3/c1-9-21(10-2,25-19(29)31-20(4,5)6)15-24-18(22-12-11-13-30-8)23-14-17-27-26-16(3)28(17)7/h9-15H2,1-8H3,(H,25,29)(H2,22,23,24). The first-order chi connectivity index (χ1) is 14.6. The largest absolute Gasteiger partial charge is 0.444 e. The number of ether oxygens (including phenoxy) is 2. The minimum Gasteiger partial charge on any atom is -0.444 e. The molecule has 0 saturated carbocycles. The lowest BCUT2D eigenvalue weighted by Gasteiger charge is -2.34. The van der Waals surface area contributed by atoms with Crippen molar-refractivity contribution in [3.63, 3.8) is 0 Å². The quantitative estimate of drug-likeness (QED) is 0.275. The van der Waals surface area contributed by atoms with E-state index in [1.54, 1.807) is 7.11 Å². The molecule has 0 aliphatic carbocycles. The zero-order valence-electron chi connectivity index (χ0n) is 20.5. The van der Waals surface area contributed by atoms with E-state index in [9.17, 15) is 4.79 Å². The summed E-state index contributed by atoms with van der Waals surface area (Å²) in [5.41, 5.74) is -1.01. The van der Waals surface area contributed by atoms with E-state index in [0.717, 1.165) is 30.9 Å². The number of rotatable bonds is 11. The molecule has 0 spiro atoms.